The van der Waals surface area contributed by atoms with Gasteiger partial charge in [0.2, 0.25) is 11.7 Å². The van der Waals surface area contributed by atoms with Crippen molar-refractivity contribution in [1.29, 1.82) is 0 Å². The number of esters is 1. The molecule has 1 aromatic heterocycles. The Bertz CT molecular complexity index is 704. The number of aromatic nitrogens is 2. The Hall–Kier alpha value is -2.50. The van der Waals surface area contributed by atoms with Gasteiger partial charge in [-0.25, -0.2) is 0 Å². The highest BCUT2D eigenvalue weighted by molar-refractivity contribution is 5.75. The molecule has 0 aliphatic heterocycles. The maximum Gasteiger partial charge on any atom is 0.306 e. The van der Waals surface area contributed by atoms with Gasteiger partial charge in [-0.1, -0.05) is 43.3 Å². The molecule has 0 spiro atoms. The monoisotopic (exact) mass is 344 g/mol. The van der Waals surface area contributed by atoms with Gasteiger partial charge in [-0.05, 0) is 24.8 Å². The van der Waals surface area contributed by atoms with Crippen LogP contribution in [0.1, 0.15) is 57.4 Å². The summed E-state index contributed by atoms with van der Waals surface area (Å²) in [7, 11) is 0. The number of hydrogen-bond donors (Lipinski definition) is 0. The third-order valence-corrected chi connectivity index (χ3v) is 3.78. The van der Waals surface area contributed by atoms with Gasteiger partial charge < -0.3 is 14.1 Å². The Balaban J connectivity index is 1.81. The van der Waals surface area contributed by atoms with Gasteiger partial charge in [0.15, 0.2) is 0 Å². The van der Waals surface area contributed by atoms with Crippen molar-refractivity contribution in [2.45, 2.75) is 52.4 Å². The fraction of sp³-hybridized carbons (Fsp3) is 0.474. The molecule has 0 unspecified atom stereocenters. The van der Waals surface area contributed by atoms with E-state index in [9.17, 15) is 9.59 Å². The fourth-order valence-corrected chi connectivity index (χ4v) is 2.28. The summed E-state index contributed by atoms with van der Waals surface area (Å²) in [6.45, 7) is 6.06. The van der Waals surface area contributed by atoms with E-state index < -0.39 is 0 Å². The lowest BCUT2D eigenvalue weighted by atomic mass is 10.0. The van der Waals surface area contributed by atoms with E-state index >= 15 is 0 Å². The summed E-state index contributed by atoms with van der Waals surface area (Å²) in [5.74, 6) is 1.15. The molecule has 0 radical (unpaired) electrons. The zero-order valence-electron chi connectivity index (χ0n) is 14.9. The molecule has 25 heavy (non-hydrogen) atoms. The second-order valence-electron chi connectivity index (χ2n) is 6.31. The van der Waals surface area contributed by atoms with Crippen molar-refractivity contribution in [3.63, 3.8) is 0 Å². The van der Waals surface area contributed by atoms with Gasteiger partial charge in [0.05, 0.1) is 13.0 Å². The number of nitrogens with zero attached hydrogens (tertiary/aromatic N) is 2. The van der Waals surface area contributed by atoms with Gasteiger partial charge in [0.1, 0.15) is 5.78 Å². The summed E-state index contributed by atoms with van der Waals surface area (Å²) < 4.78 is 10.3. The van der Waals surface area contributed by atoms with Gasteiger partial charge >= 0.3 is 5.97 Å². The van der Waals surface area contributed by atoms with Crippen LogP contribution in [0.15, 0.2) is 28.8 Å². The van der Waals surface area contributed by atoms with E-state index in [1.54, 1.807) is 0 Å². The van der Waals surface area contributed by atoms with E-state index in [0.717, 1.165) is 5.56 Å². The van der Waals surface area contributed by atoms with Crippen LogP contribution in [0, 0.1) is 0 Å². The van der Waals surface area contributed by atoms with Crippen molar-refractivity contribution in [3.8, 4) is 11.4 Å². The number of ketones is 1. The molecule has 0 fully saturated rings. The molecule has 0 atom stereocenters. The van der Waals surface area contributed by atoms with Crippen molar-refractivity contribution >= 4 is 11.8 Å². The molecule has 0 N–H and O–H groups in total. The summed E-state index contributed by atoms with van der Waals surface area (Å²) in [6.07, 6.45) is 1.49. The Morgan fingerprint density at radius 1 is 1.16 bits per heavy atom. The minimum Gasteiger partial charge on any atom is -0.466 e. The molecular weight excluding hydrogens is 320 g/mol. The summed E-state index contributed by atoms with van der Waals surface area (Å²) in [5, 5.41) is 3.96. The van der Waals surface area contributed by atoms with Crippen LogP contribution in [0.25, 0.3) is 11.4 Å². The number of carbonyl (C=O) groups is 2. The Labute approximate surface area is 147 Å². The number of rotatable bonds is 9. The van der Waals surface area contributed by atoms with Crippen LogP contribution in [0.5, 0.6) is 0 Å². The minimum absolute atomic E-state index is 0.0934. The van der Waals surface area contributed by atoms with Crippen molar-refractivity contribution in [3.05, 3.63) is 35.7 Å². The summed E-state index contributed by atoms with van der Waals surface area (Å²) in [6, 6.07) is 8.03. The molecule has 6 nitrogen and oxygen atoms in total. The Morgan fingerprint density at radius 2 is 1.88 bits per heavy atom. The lowest BCUT2D eigenvalue weighted by Gasteiger charge is -2.04. The highest BCUT2D eigenvalue weighted by Crippen LogP contribution is 2.20. The first kappa shape index (κ1) is 18.8. The first-order valence-corrected chi connectivity index (χ1v) is 8.53. The van der Waals surface area contributed by atoms with Gasteiger partial charge in [0, 0.05) is 18.4 Å². The minimum atomic E-state index is -0.329. The van der Waals surface area contributed by atoms with Crippen LogP contribution in [0.4, 0.5) is 0 Å². The maximum absolute atomic E-state index is 11.6. The molecule has 0 aliphatic carbocycles. The topological polar surface area (TPSA) is 82.3 Å². The average molecular weight is 344 g/mol. The third kappa shape index (κ3) is 6.14. The predicted octanol–water partition coefficient (Wildman–Crippen LogP) is 3.71. The lowest BCUT2D eigenvalue weighted by Crippen LogP contribution is -2.08. The molecule has 0 aliphatic rings. The van der Waals surface area contributed by atoms with Crippen LogP contribution < -0.4 is 0 Å². The molecule has 6 heteroatoms. The van der Waals surface area contributed by atoms with E-state index in [1.807, 2.05) is 12.1 Å². The second kappa shape index (κ2) is 9.11. The number of ether oxygens (including phenoxy) is 1. The zero-order valence-corrected chi connectivity index (χ0v) is 14.9. The van der Waals surface area contributed by atoms with Crippen LogP contribution in [-0.2, 0) is 20.7 Å². The normalized spacial score (nSPS) is 10.9. The van der Waals surface area contributed by atoms with Crippen molar-refractivity contribution in [1.82, 2.24) is 10.1 Å². The number of carbonyl (C=O) groups excluding carboxylic acids is 2. The SMILES string of the molecule is CC(=O)CCCOC(=O)CCc1nc(-c2ccc(C(C)C)cc2)no1. The summed E-state index contributed by atoms with van der Waals surface area (Å²) >= 11 is 0. The van der Waals surface area contributed by atoms with Gasteiger partial charge in [-0.15, -0.1) is 0 Å². The number of aryl methyl sites for hydroxylation is 1. The predicted molar refractivity (Wildman–Crippen MR) is 93.0 cm³/mol. The lowest BCUT2D eigenvalue weighted by molar-refractivity contribution is -0.144. The van der Waals surface area contributed by atoms with Gasteiger partial charge in [-0.3, -0.25) is 4.79 Å². The molecule has 134 valence electrons. The molecule has 2 rings (SSSR count). The molecule has 0 saturated heterocycles. The van der Waals surface area contributed by atoms with Crippen molar-refractivity contribution in [2.24, 2.45) is 0 Å². The van der Waals surface area contributed by atoms with E-state index in [4.69, 9.17) is 9.26 Å². The van der Waals surface area contributed by atoms with Crippen molar-refractivity contribution in [2.75, 3.05) is 6.61 Å². The fourth-order valence-electron chi connectivity index (χ4n) is 2.28. The average Bonchev–Trinajstić information content (AvgIpc) is 3.06. The molecule has 0 saturated carbocycles. The molecule has 1 heterocycles. The second-order valence-corrected chi connectivity index (χ2v) is 6.31. The van der Waals surface area contributed by atoms with Crippen LogP contribution in [0.2, 0.25) is 0 Å². The maximum atomic E-state index is 11.6. The summed E-state index contributed by atoms with van der Waals surface area (Å²) in [4.78, 5) is 26.8. The highest BCUT2D eigenvalue weighted by Gasteiger charge is 2.12. The molecule has 2 aromatic rings. The quantitative estimate of drug-likeness (QED) is 0.509. The van der Waals surface area contributed by atoms with E-state index in [-0.39, 0.29) is 24.8 Å². The molecular formula is C19H24N2O4. The van der Waals surface area contributed by atoms with Gasteiger partial charge in [-0.2, -0.15) is 4.98 Å². The van der Waals surface area contributed by atoms with E-state index in [1.165, 1.54) is 12.5 Å². The molecule has 1 aromatic carbocycles. The Morgan fingerprint density at radius 3 is 2.52 bits per heavy atom. The van der Waals surface area contributed by atoms with Crippen LogP contribution in [-0.4, -0.2) is 28.5 Å². The van der Waals surface area contributed by atoms with Crippen LogP contribution in [0.3, 0.4) is 0 Å². The highest BCUT2D eigenvalue weighted by atomic mass is 16.5. The van der Waals surface area contributed by atoms with E-state index in [0.29, 0.717) is 36.9 Å². The van der Waals surface area contributed by atoms with Crippen molar-refractivity contribution < 1.29 is 18.8 Å². The molecule has 0 bridgehead atoms. The van der Waals surface area contributed by atoms with E-state index in [2.05, 4.69) is 36.1 Å². The smallest absolute Gasteiger partial charge is 0.306 e. The number of benzene rings is 1. The van der Waals surface area contributed by atoms with Crippen LogP contribution >= 0.6 is 0 Å². The Kier molecular flexibility index (Phi) is 6.86. The largest absolute Gasteiger partial charge is 0.466 e. The van der Waals surface area contributed by atoms with Gasteiger partial charge in [0.25, 0.3) is 0 Å². The first-order chi connectivity index (χ1) is 12.0. The summed E-state index contributed by atoms with van der Waals surface area (Å²) in [5.41, 5.74) is 2.13. The number of hydrogen-bond acceptors (Lipinski definition) is 6. The first-order valence-electron chi connectivity index (χ1n) is 8.53. The zero-order chi connectivity index (χ0) is 18.2. The molecule has 0 amide bonds. The number of Topliss-reactive ketones (excluding diaryl/α,β-unsaturated/α-hetero) is 1. The third-order valence-electron chi connectivity index (χ3n) is 3.78. The standard InChI is InChI=1S/C19H24N2O4/c1-13(2)15-6-8-16(9-7-15)19-20-17(25-21-19)10-11-18(23)24-12-4-5-14(3)22/h6-9,13H,4-5,10-12H2,1-3H3.